The fraction of sp³-hybridized carbons (Fsp3) is 0.364. The van der Waals surface area contributed by atoms with Gasteiger partial charge in [0.15, 0.2) is 16.0 Å². The smallest absolute Gasteiger partial charge is 0.220 e. The summed E-state index contributed by atoms with van der Waals surface area (Å²) in [5.41, 5.74) is 1.51. The predicted octanol–water partition coefficient (Wildman–Crippen LogP) is 4.30. The number of benzene rings is 1. The number of hydrogen-bond donors (Lipinski definition) is 4. The molecule has 2 fully saturated rings. The van der Waals surface area contributed by atoms with Crippen LogP contribution in [0.4, 0.5) is 10.2 Å². The zero-order valence-corrected chi connectivity index (χ0v) is 26.3. The lowest BCUT2D eigenvalue weighted by Crippen LogP contribution is -2.51. The number of carbonyl (C=O) groups excluding carboxylic acids is 1. The molecular weight excluding hydrogens is 618 g/mol. The average Bonchev–Trinajstić information content (AvgIpc) is 3.44. The minimum absolute atomic E-state index is 0.0386. The molecule has 4 heterocycles. The molecule has 45 heavy (non-hydrogen) atoms. The molecule has 0 bridgehead atoms. The van der Waals surface area contributed by atoms with Crippen molar-refractivity contribution in [2.24, 2.45) is 0 Å². The van der Waals surface area contributed by atoms with Crippen molar-refractivity contribution in [3.63, 3.8) is 0 Å². The summed E-state index contributed by atoms with van der Waals surface area (Å²) in [6, 6.07) is 14.9. The molecule has 3 aromatic rings. The third-order valence-electron chi connectivity index (χ3n) is 8.47. The number of halogens is 3. The number of aliphatic hydroxyl groups is 1. The van der Waals surface area contributed by atoms with Crippen LogP contribution in [0.3, 0.4) is 0 Å². The molecule has 4 N–H and O–H groups in total. The van der Waals surface area contributed by atoms with Crippen molar-refractivity contribution in [3.05, 3.63) is 101 Å². The monoisotopic (exact) mass is 652 g/mol. The van der Waals surface area contributed by atoms with Crippen LogP contribution in [0.1, 0.15) is 35.2 Å². The molecule has 2 unspecified atom stereocenters. The van der Waals surface area contributed by atoms with Gasteiger partial charge >= 0.3 is 0 Å². The number of rotatable bonds is 11. The quantitative estimate of drug-likeness (QED) is 0.227. The largest absolute Gasteiger partial charge is 0.481 e. The summed E-state index contributed by atoms with van der Waals surface area (Å²) >= 11 is 14.8. The molecule has 1 amide bonds. The van der Waals surface area contributed by atoms with Crippen LogP contribution < -0.4 is 20.7 Å². The summed E-state index contributed by atoms with van der Waals surface area (Å²) in [6.07, 6.45) is 7.88. The number of hydrogen-bond acceptors (Lipinski definition) is 8. The van der Waals surface area contributed by atoms with E-state index in [0.29, 0.717) is 61.9 Å². The lowest BCUT2D eigenvalue weighted by molar-refractivity contribution is -0.119. The van der Waals surface area contributed by atoms with E-state index in [2.05, 4.69) is 20.9 Å². The molecule has 0 saturated carbocycles. The van der Waals surface area contributed by atoms with Gasteiger partial charge in [-0.1, -0.05) is 71.8 Å². The molecule has 236 valence electrons. The lowest BCUT2D eigenvalue weighted by Gasteiger charge is -2.45. The van der Waals surface area contributed by atoms with E-state index in [9.17, 15) is 9.90 Å². The van der Waals surface area contributed by atoms with Crippen molar-refractivity contribution in [2.45, 2.75) is 47.9 Å². The summed E-state index contributed by atoms with van der Waals surface area (Å²) in [4.78, 5) is 22.7. The zero-order valence-electron chi connectivity index (χ0n) is 24.8. The van der Waals surface area contributed by atoms with Gasteiger partial charge < -0.3 is 25.8 Å². The van der Waals surface area contributed by atoms with E-state index < -0.39 is 21.8 Å². The molecule has 9 nitrogen and oxygen atoms in total. The SMILES string of the molecule is COc1nc(C2(Nc3nccc(CN4CC(O)C4)c3F)C=CC=C(c3ccccc3)C2(Cl)Cl)ccc1CNCC1CCC(=O)N1. The Morgan fingerprint density at radius 3 is 2.67 bits per heavy atom. The van der Waals surface area contributed by atoms with Crippen molar-refractivity contribution < 1.29 is 19.0 Å². The highest BCUT2D eigenvalue weighted by Gasteiger charge is 2.55. The number of nitrogens with one attached hydrogen (secondary N) is 3. The summed E-state index contributed by atoms with van der Waals surface area (Å²) in [5.74, 6) is -0.167. The lowest BCUT2D eigenvalue weighted by atomic mass is 9.79. The second-order valence-corrected chi connectivity index (χ2v) is 12.9. The fourth-order valence-corrected chi connectivity index (χ4v) is 6.80. The van der Waals surface area contributed by atoms with Crippen molar-refractivity contribution in [1.82, 2.24) is 25.5 Å². The number of likely N-dealkylation sites (tertiary alicyclic amines) is 1. The zero-order chi connectivity index (χ0) is 31.6. The minimum Gasteiger partial charge on any atom is -0.481 e. The van der Waals surface area contributed by atoms with Crippen LogP contribution in [0.25, 0.3) is 5.57 Å². The first-order valence-corrected chi connectivity index (χ1v) is 15.7. The van der Waals surface area contributed by atoms with Crippen LogP contribution in [-0.2, 0) is 23.4 Å². The van der Waals surface area contributed by atoms with Crippen molar-refractivity contribution in [3.8, 4) is 5.88 Å². The number of methoxy groups -OCH3 is 1. The Kier molecular flexibility index (Phi) is 9.12. The standard InChI is InChI=1S/C33H35Cl2FN6O3/c1-45-31-22(16-37-17-24-10-12-28(44)39-24)9-11-27(40-31)32(14-5-8-26(33(32,34)35)21-6-3-2-4-7-21)41-30-29(36)23(13-15-38-30)18-42-19-25(43)20-42/h2-9,11,13-15,24-25,37,43H,10,12,16-20H2,1H3,(H,38,41)(H,39,44). The third kappa shape index (κ3) is 6.30. The number of pyridine rings is 2. The van der Waals surface area contributed by atoms with Crippen LogP contribution in [0, 0.1) is 5.82 Å². The van der Waals surface area contributed by atoms with Gasteiger partial charge in [0.2, 0.25) is 11.8 Å². The number of β-amino-alcohol motifs (C(OH)–C–C–N with tert-alkyl or cyclic N) is 1. The van der Waals surface area contributed by atoms with E-state index in [0.717, 1.165) is 17.5 Å². The molecule has 6 rings (SSSR count). The van der Waals surface area contributed by atoms with Gasteiger partial charge in [-0.2, -0.15) is 0 Å². The highest BCUT2D eigenvalue weighted by Crippen LogP contribution is 2.54. The van der Waals surface area contributed by atoms with Crippen molar-refractivity contribution in [1.29, 1.82) is 0 Å². The Morgan fingerprint density at radius 2 is 1.96 bits per heavy atom. The molecule has 1 aliphatic carbocycles. The maximum absolute atomic E-state index is 16.1. The van der Waals surface area contributed by atoms with Crippen LogP contribution >= 0.6 is 23.2 Å². The number of anilines is 1. The topological polar surface area (TPSA) is 112 Å². The van der Waals surface area contributed by atoms with Gasteiger partial charge in [0, 0.05) is 62.5 Å². The van der Waals surface area contributed by atoms with E-state index >= 15 is 4.39 Å². The first-order chi connectivity index (χ1) is 21.7. The van der Waals surface area contributed by atoms with E-state index in [1.165, 1.54) is 13.3 Å². The van der Waals surface area contributed by atoms with Crippen LogP contribution in [0.2, 0.25) is 0 Å². The number of ether oxygens (including phenoxy) is 1. The van der Waals surface area contributed by atoms with Crippen molar-refractivity contribution >= 4 is 40.5 Å². The highest BCUT2D eigenvalue weighted by molar-refractivity contribution is 6.55. The highest BCUT2D eigenvalue weighted by atomic mass is 35.5. The summed E-state index contributed by atoms with van der Waals surface area (Å²) in [5, 5.41) is 19.3. The van der Waals surface area contributed by atoms with Crippen molar-refractivity contribution in [2.75, 3.05) is 32.1 Å². The molecular formula is C33H35Cl2FN6O3. The molecule has 2 aromatic heterocycles. The molecule has 12 heteroatoms. The number of aromatic nitrogens is 2. The summed E-state index contributed by atoms with van der Waals surface area (Å²) < 4.78 is 20.1. The van der Waals surface area contributed by atoms with Crippen LogP contribution in [0.5, 0.6) is 5.88 Å². The first kappa shape index (κ1) is 31.4. The maximum atomic E-state index is 16.1. The number of alkyl halides is 2. The van der Waals surface area contributed by atoms with Gasteiger partial charge in [-0.25, -0.2) is 14.4 Å². The Labute approximate surface area is 271 Å². The Hall–Kier alpha value is -3.54. The molecule has 1 aromatic carbocycles. The Balaban J connectivity index is 1.36. The van der Waals surface area contributed by atoms with E-state index in [1.54, 1.807) is 18.2 Å². The fourth-order valence-electron chi connectivity index (χ4n) is 6.04. The van der Waals surface area contributed by atoms with E-state index in [4.69, 9.17) is 32.9 Å². The summed E-state index contributed by atoms with van der Waals surface area (Å²) in [6.45, 7) is 2.35. The number of allylic oxidation sites excluding steroid dienone is 2. The minimum atomic E-state index is -1.69. The van der Waals surface area contributed by atoms with Gasteiger partial charge in [-0.05, 0) is 35.8 Å². The number of amides is 1. The van der Waals surface area contributed by atoms with Gasteiger partial charge in [0.05, 0.1) is 18.9 Å². The number of aliphatic hydroxyl groups excluding tert-OH is 1. The molecule has 2 saturated heterocycles. The molecule has 2 aliphatic heterocycles. The van der Waals surface area contributed by atoms with Crippen LogP contribution in [0.15, 0.2) is 73.0 Å². The molecule has 0 radical (unpaired) electrons. The third-order valence-corrected chi connectivity index (χ3v) is 9.48. The van der Waals surface area contributed by atoms with Gasteiger partial charge in [0.1, 0.15) is 5.54 Å². The Morgan fingerprint density at radius 1 is 1.16 bits per heavy atom. The second-order valence-electron chi connectivity index (χ2n) is 11.6. The van der Waals surface area contributed by atoms with Gasteiger partial charge in [-0.3, -0.25) is 9.69 Å². The predicted molar refractivity (Wildman–Crippen MR) is 172 cm³/mol. The molecule has 3 aliphatic rings. The van der Waals surface area contributed by atoms with Gasteiger partial charge in [-0.15, -0.1) is 0 Å². The first-order valence-electron chi connectivity index (χ1n) is 14.9. The van der Waals surface area contributed by atoms with Crippen LogP contribution in [-0.4, -0.2) is 69.1 Å². The second kappa shape index (κ2) is 13.1. The number of carbonyl (C=O) groups is 1. The normalized spacial score (nSPS) is 22.9. The average molecular weight is 654 g/mol. The van der Waals surface area contributed by atoms with Gasteiger partial charge in [0.25, 0.3) is 0 Å². The molecule has 0 spiro atoms. The maximum Gasteiger partial charge on any atom is 0.220 e. The van der Waals surface area contributed by atoms with E-state index in [1.807, 2.05) is 53.5 Å². The Bertz CT molecular complexity index is 1620. The number of nitrogens with zero attached hydrogens (tertiary/aromatic N) is 3. The van der Waals surface area contributed by atoms with E-state index in [-0.39, 0.29) is 17.8 Å². The summed E-state index contributed by atoms with van der Waals surface area (Å²) in [7, 11) is 1.53. The molecule has 2 atom stereocenters.